The summed E-state index contributed by atoms with van der Waals surface area (Å²) >= 11 is 0. The Balaban J connectivity index is 0.000000121. The lowest BCUT2D eigenvalue weighted by molar-refractivity contribution is 0.628. The third kappa shape index (κ3) is 21.6. The number of hydrogen-bond donors (Lipinski definition) is 4. The molecule has 9 heteroatoms. The number of anilines is 4. The molecule has 4 unspecified atom stereocenters. The van der Waals surface area contributed by atoms with Gasteiger partial charge in [0.2, 0.25) is 0 Å². The lowest BCUT2D eigenvalue weighted by Gasteiger charge is -2.27. The molecule has 23 rings (SSSR count). The number of nitrogens with one attached hydrogen (secondary N) is 4. The number of rotatable bonds is 27. The second kappa shape index (κ2) is 46.2. The molecule has 4 heterocycles. The molecule has 726 valence electrons. The van der Waals surface area contributed by atoms with E-state index in [0.717, 1.165) is 112 Å². The maximum atomic E-state index is 13.7. The quantitative estimate of drug-likeness (QED) is 0.0299. The minimum Gasteiger partial charge on any atom is -0.373 e. The number of pyridine rings is 4. The normalized spacial score (nSPS) is 12.1. The standard InChI is InChI=1S/C40H34N2.C36H31FN2.C36H32N2.C27H26N2/c1-3-27-17-11-18-28(4-2)39(27)42-40(38-33-21-9-6-15-30(33)26-31-16-7-10-22-34(31)38)37-25-13-24-36(41-37)35-23-12-19-29-14-5-8-20-32(29)35;1-3-24-12-9-13-25(4-2)35(24)39-36(34-18-10-17-33(38-34)26-19-21-28(37)22-20-26)32-23-27-11-5-6-14-29(27)30-15-7-8-16-31(30)32;1-3-25-17-12-18-26(4-2)35(25)38-36(34-23-13-22-33(37-34)27-14-6-5-7-15-27)32-24-28-16-8-9-19-29(28)30-20-10-11-21-31(30)32;1-20(2)21-16-18-24(19-17-21)28-27(23-12-7-4-8-13-23)26-15-9-14-25(29-26)22-10-5-3-6-11-22/h5-26,40,42H,3-4H2,1-2H3;5-23,36,39H,3-4H2,1-2H3;5-24,36,38H,3-4H2,1-2H3;3-20,27-28H,1-2H3. The lowest BCUT2D eigenvalue weighted by Crippen LogP contribution is -2.17. The topological polar surface area (TPSA) is 99.7 Å². The Morgan fingerprint density at radius 1 is 0.216 bits per heavy atom. The van der Waals surface area contributed by atoms with E-state index in [9.17, 15) is 4.39 Å². The molecule has 8 nitrogen and oxygen atoms in total. The number of hydrogen-bond acceptors (Lipinski definition) is 8. The second-order valence-electron chi connectivity index (χ2n) is 38.2. The van der Waals surface area contributed by atoms with Gasteiger partial charge >= 0.3 is 0 Å². The van der Waals surface area contributed by atoms with Crippen molar-refractivity contribution >= 4 is 98.2 Å². The van der Waals surface area contributed by atoms with Crippen molar-refractivity contribution in [2.24, 2.45) is 0 Å². The number of benzene rings is 19. The predicted octanol–water partition coefficient (Wildman–Crippen LogP) is 36.5. The number of fused-ring (bicyclic) bond motifs is 9. The molecule has 0 saturated carbocycles. The van der Waals surface area contributed by atoms with E-state index in [0.29, 0.717) is 5.92 Å². The summed E-state index contributed by atoms with van der Waals surface area (Å²) in [7, 11) is 0. The van der Waals surface area contributed by atoms with E-state index >= 15 is 0 Å². The summed E-state index contributed by atoms with van der Waals surface area (Å²) in [5.41, 5.74) is 30.9. The van der Waals surface area contributed by atoms with Crippen LogP contribution in [0.4, 0.5) is 27.1 Å². The molecule has 4 atom stereocenters. The first-order valence-electron chi connectivity index (χ1n) is 52.3. The highest BCUT2D eigenvalue weighted by molar-refractivity contribution is 6.11. The molecule has 23 aromatic rings. The zero-order chi connectivity index (χ0) is 101. The van der Waals surface area contributed by atoms with E-state index in [1.54, 1.807) is 12.1 Å². The maximum absolute atomic E-state index is 13.7. The molecule has 4 aromatic heterocycles. The van der Waals surface area contributed by atoms with Crippen LogP contribution in [0.2, 0.25) is 0 Å². The van der Waals surface area contributed by atoms with Crippen LogP contribution in [0.15, 0.2) is 473 Å². The zero-order valence-electron chi connectivity index (χ0n) is 85.3. The van der Waals surface area contributed by atoms with Gasteiger partial charge in [-0.15, -0.1) is 0 Å². The molecule has 148 heavy (non-hydrogen) atoms. The lowest BCUT2D eigenvalue weighted by atomic mass is 9.89. The van der Waals surface area contributed by atoms with Crippen molar-refractivity contribution in [1.29, 1.82) is 0 Å². The van der Waals surface area contributed by atoms with Gasteiger partial charge < -0.3 is 21.3 Å². The number of aromatic nitrogens is 4. The molecule has 0 aliphatic carbocycles. The Bertz CT molecular complexity index is 8440. The van der Waals surface area contributed by atoms with Crippen LogP contribution < -0.4 is 21.3 Å². The van der Waals surface area contributed by atoms with Crippen molar-refractivity contribution in [2.75, 3.05) is 21.3 Å². The highest BCUT2D eigenvalue weighted by Crippen LogP contribution is 2.45. The molecule has 0 aliphatic heterocycles. The minimum atomic E-state index is -0.250. The third-order valence-corrected chi connectivity index (χ3v) is 28.8. The van der Waals surface area contributed by atoms with Crippen LogP contribution in [0.5, 0.6) is 0 Å². The first-order valence-corrected chi connectivity index (χ1v) is 52.3. The number of halogens is 1. The fraction of sp³-hybridized carbons (Fsp3) is 0.137. The SMILES string of the molecule is CC(C)c1ccc(NC(c2ccccc2)c2cccc(-c3ccccc3)n2)cc1.CCc1cccc(CC)c1NC(c1cccc(-c2ccc(F)cc2)n1)c1cc2ccccc2c2ccccc12.CCc1cccc(CC)c1NC(c1cccc(-c2cccc3ccccc23)n1)c1c2ccccc2cc2ccccc12.CCc1cccc(CC)c1NC(c1cccc(-c2ccccc2)n1)c1cc2ccccc2c2ccccc12. The van der Waals surface area contributed by atoms with Crippen molar-refractivity contribution in [2.45, 2.75) is 124 Å². The molecule has 0 aliphatic rings. The van der Waals surface area contributed by atoms with E-state index in [4.69, 9.17) is 19.9 Å². The highest BCUT2D eigenvalue weighted by atomic mass is 19.1. The van der Waals surface area contributed by atoms with Crippen LogP contribution >= 0.6 is 0 Å². The Morgan fingerprint density at radius 2 is 0.520 bits per heavy atom. The molecule has 0 radical (unpaired) electrons. The van der Waals surface area contributed by atoms with E-state index in [1.807, 2.05) is 42.5 Å². The van der Waals surface area contributed by atoms with Gasteiger partial charge in [0.05, 0.1) is 69.7 Å². The first kappa shape index (κ1) is 98.1. The van der Waals surface area contributed by atoms with Gasteiger partial charge in [0.15, 0.2) is 0 Å². The van der Waals surface area contributed by atoms with E-state index < -0.39 is 0 Å². The highest BCUT2D eigenvalue weighted by Gasteiger charge is 2.29. The number of para-hydroxylation sites is 3. The van der Waals surface area contributed by atoms with Crippen LogP contribution in [-0.2, 0) is 38.5 Å². The summed E-state index contributed by atoms with van der Waals surface area (Å²) in [5, 5.41) is 33.1. The van der Waals surface area contributed by atoms with Crippen LogP contribution in [0.3, 0.4) is 0 Å². The summed E-state index contributed by atoms with van der Waals surface area (Å²) in [4.78, 5) is 20.8. The molecule has 0 fully saturated rings. The van der Waals surface area contributed by atoms with Gasteiger partial charge in [0.25, 0.3) is 0 Å². The van der Waals surface area contributed by atoms with Crippen molar-refractivity contribution in [3.8, 4) is 45.0 Å². The molecule has 0 spiro atoms. The van der Waals surface area contributed by atoms with Crippen molar-refractivity contribution in [1.82, 2.24) is 19.9 Å². The fourth-order valence-electron chi connectivity index (χ4n) is 21.1. The number of aryl methyl sites for hydroxylation is 6. The summed E-state index contributed by atoms with van der Waals surface area (Å²) in [5.74, 6) is 0.276. The Morgan fingerprint density at radius 3 is 0.932 bits per heavy atom. The average molecular weight is 1920 g/mol. The molecule has 19 aromatic carbocycles. The Kier molecular flexibility index (Phi) is 30.6. The van der Waals surface area contributed by atoms with E-state index in [1.165, 1.54) is 166 Å². The molecule has 4 N–H and O–H groups in total. The van der Waals surface area contributed by atoms with E-state index in [-0.39, 0.29) is 30.0 Å². The largest absolute Gasteiger partial charge is 0.373 e. The van der Waals surface area contributed by atoms with Crippen LogP contribution in [0, 0.1) is 5.82 Å². The third-order valence-electron chi connectivity index (χ3n) is 28.8. The second-order valence-corrected chi connectivity index (χ2v) is 38.2. The van der Waals surface area contributed by atoms with Gasteiger partial charge in [-0.2, -0.15) is 0 Å². The average Bonchev–Trinajstić information content (AvgIpc) is 0.754. The van der Waals surface area contributed by atoms with Crippen molar-refractivity contribution in [3.63, 3.8) is 0 Å². The monoisotopic (exact) mass is 1920 g/mol. The molecular weight excluding hydrogens is 1800 g/mol. The van der Waals surface area contributed by atoms with Gasteiger partial charge in [-0.3, -0.25) is 19.9 Å². The molecule has 0 amide bonds. The van der Waals surface area contributed by atoms with Gasteiger partial charge in [0, 0.05) is 45.0 Å². The smallest absolute Gasteiger partial charge is 0.123 e. The predicted molar refractivity (Wildman–Crippen MR) is 625 cm³/mol. The summed E-state index contributed by atoms with van der Waals surface area (Å²) < 4.78 is 13.7. The van der Waals surface area contributed by atoms with Gasteiger partial charge in [0.1, 0.15) is 5.82 Å². The Hall–Kier alpha value is -17.3. The van der Waals surface area contributed by atoms with Gasteiger partial charge in [-0.1, -0.05) is 425 Å². The molecule has 0 saturated heterocycles. The number of nitrogens with zero attached hydrogens (tertiary/aromatic N) is 4. The molecular formula is C139H123FN8. The zero-order valence-corrected chi connectivity index (χ0v) is 85.3. The summed E-state index contributed by atoms with van der Waals surface area (Å²) in [6.07, 6.45) is 5.73. The van der Waals surface area contributed by atoms with Crippen molar-refractivity contribution in [3.05, 3.63) is 563 Å². The fourth-order valence-corrected chi connectivity index (χ4v) is 21.1. The van der Waals surface area contributed by atoms with Gasteiger partial charge in [-0.25, -0.2) is 4.39 Å². The maximum Gasteiger partial charge on any atom is 0.123 e. The van der Waals surface area contributed by atoms with Gasteiger partial charge in [-0.05, 0) is 284 Å². The van der Waals surface area contributed by atoms with Crippen molar-refractivity contribution < 1.29 is 4.39 Å². The molecule has 0 bridgehead atoms. The van der Waals surface area contributed by atoms with Crippen LogP contribution in [0.25, 0.3) is 120 Å². The van der Waals surface area contributed by atoms with Crippen LogP contribution in [0.1, 0.15) is 169 Å². The summed E-state index contributed by atoms with van der Waals surface area (Å²) in [6, 6.07) is 165. The van der Waals surface area contributed by atoms with Crippen LogP contribution in [-0.4, -0.2) is 19.9 Å². The first-order chi connectivity index (χ1) is 72.9. The minimum absolute atomic E-state index is 0.0234. The van der Waals surface area contributed by atoms with E-state index in [2.05, 4.69) is 483 Å². The Labute approximate surface area is 869 Å². The summed E-state index contributed by atoms with van der Waals surface area (Å²) in [6.45, 7) is 17.8.